The highest BCUT2D eigenvalue weighted by Gasteiger charge is 2.14. The zero-order chi connectivity index (χ0) is 17.4. The molecule has 0 fully saturated rings. The summed E-state index contributed by atoms with van der Waals surface area (Å²) < 4.78 is 0. The molecule has 5 nitrogen and oxygen atoms in total. The Morgan fingerprint density at radius 3 is 2.75 bits per heavy atom. The molecule has 2 aromatic heterocycles. The molecule has 0 aliphatic heterocycles. The number of halogens is 2. The first-order valence-electron chi connectivity index (χ1n) is 6.74. The number of carboxylic acids is 1. The number of hydrogen-bond donors (Lipinski definition) is 1. The summed E-state index contributed by atoms with van der Waals surface area (Å²) >= 11 is 12.8. The number of nitrogens with zero attached hydrogens (tertiary/aromatic N) is 1. The zero-order valence-electron chi connectivity index (χ0n) is 12.2. The number of hydrogen-bond acceptors (Lipinski definition) is 5. The molecule has 0 radical (unpaired) electrons. The van der Waals surface area contributed by atoms with E-state index in [9.17, 15) is 14.7 Å². The SMILES string of the molecule is Cc1c(C(=O)[O-])sc2nc(/C=C/c3ccc(Cl)cc3Cl)[nH]c(=O)c12. The van der Waals surface area contributed by atoms with Gasteiger partial charge in [-0.15, -0.1) is 11.3 Å². The molecule has 0 spiro atoms. The van der Waals surface area contributed by atoms with Gasteiger partial charge >= 0.3 is 0 Å². The van der Waals surface area contributed by atoms with Crippen molar-refractivity contribution in [3.63, 3.8) is 0 Å². The zero-order valence-corrected chi connectivity index (χ0v) is 14.6. The summed E-state index contributed by atoms with van der Waals surface area (Å²) in [5.74, 6) is -1.02. The van der Waals surface area contributed by atoms with Gasteiger partial charge in [-0.2, -0.15) is 0 Å². The van der Waals surface area contributed by atoms with Crippen LogP contribution in [0, 0.1) is 6.92 Å². The van der Waals surface area contributed by atoms with E-state index in [4.69, 9.17) is 23.2 Å². The number of nitrogens with one attached hydrogen (secondary N) is 1. The number of carboxylic acid groups (broad SMARTS) is 1. The molecule has 0 unspecified atom stereocenters. The summed E-state index contributed by atoms with van der Waals surface area (Å²) in [5.41, 5.74) is 0.671. The molecule has 8 heteroatoms. The van der Waals surface area contributed by atoms with Crippen LogP contribution < -0.4 is 10.7 Å². The van der Waals surface area contributed by atoms with Gasteiger partial charge in [0.15, 0.2) is 0 Å². The number of carbonyl (C=O) groups is 1. The van der Waals surface area contributed by atoms with E-state index in [0.29, 0.717) is 31.8 Å². The number of fused-ring (bicyclic) bond motifs is 1. The first kappa shape index (κ1) is 16.7. The predicted molar refractivity (Wildman–Crippen MR) is 94.7 cm³/mol. The molecule has 0 aliphatic rings. The van der Waals surface area contributed by atoms with Crippen molar-refractivity contribution < 1.29 is 9.90 Å². The number of benzene rings is 1. The van der Waals surface area contributed by atoms with Gasteiger partial charge in [0.1, 0.15) is 10.7 Å². The second-order valence-electron chi connectivity index (χ2n) is 4.97. The number of thiophene rings is 1. The molecule has 1 aromatic carbocycles. The summed E-state index contributed by atoms with van der Waals surface area (Å²) in [7, 11) is 0. The van der Waals surface area contributed by atoms with Crippen molar-refractivity contribution in [2.75, 3.05) is 0 Å². The molecule has 0 bridgehead atoms. The Bertz CT molecular complexity index is 1050. The lowest BCUT2D eigenvalue weighted by Crippen LogP contribution is -2.21. The fraction of sp³-hybridized carbons (Fsp3) is 0.0625. The maximum atomic E-state index is 12.2. The van der Waals surface area contributed by atoms with E-state index in [-0.39, 0.29) is 10.3 Å². The third kappa shape index (κ3) is 3.08. The monoisotopic (exact) mass is 379 g/mol. The highest BCUT2D eigenvalue weighted by molar-refractivity contribution is 7.20. The van der Waals surface area contributed by atoms with Crippen LogP contribution in [0.5, 0.6) is 0 Å². The molecule has 122 valence electrons. The molecule has 24 heavy (non-hydrogen) atoms. The second-order valence-corrected chi connectivity index (χ2v) is 6.82. The molecule has 0 amide bonds. The van der Waals surface area contributed by atoms with Gasteiger partial charge in [0.25, 0.3) is 5.56 Å². The smallest absolute Gasteiger partial charge is 0.260 e. The van der Waals surface area contributed by atoms with Gasteiger partial charge in [0.05, 0.1) is 16.2 Å². The lowest BCUT2D eigenvalue weighted by atomic mass is 10.2. The van der Waals surface area contributed by atoms with Crippen LogP contribution in [0.15, 0.2) is 23.0 Å². The van der Waals surface area contributed by atoms with Gasteiger partial charge in [-0.1, -0.05) is 29.3 Å². The average molecular weight is 380 g/mol. The van der Waals surface area contributed by atoms with Crippen LogP contribution in [0.3, 0.4) is 0 Å². The van der Waals surface area contributed by atoms with Crippen molar-refractivity contribution in [3.05, 3.63) is 60.4 Å². The molecule has 1 N–H and O–H groups in total. The standard InChI is InChI=1S/C16H10Cl2N2O3S/c1-7-12-14(21)19-11(20-15(12)24-13(7)16(22)23)5-3-8-2-4-9(17)6-10(8)18/h2-6H,1H3,(H,22,23)(H,19,20,21)/p-1/b5-3+. The van der Waals surface area contributed by atoms with E-state index < -0.39 is 11.5 Å². The van der Waals surface area contributed by atoms with Crippen LogP contribution in [0.4, 0.5) is 0 Å². The third-order valence-electron chi connectivity index (χ3n) is 3.39. The Balaban J connectivity index is 2.06. The maximum Gasteiger partial charge on any atom is 0.260 e. The van der Waals surface area contributed by atoms with Crippen molar-refractivity contribution in [3.8, 4) is 0 Å². The normalized spacial score (nSPS) is 11.5. The number of rotatable bonds is 3. The van der Waals surface area contributed by atoms with Crippen LogP contribution >= 0.6 is 34.5 Å². The van der Waals surface area contributed by atoms with Gasteiger partial charge in [-0.25, -0.2) is 4.98 Å². The van der Waals surface area contributed by atoms with Crippen molar-refractivity contribution in [2.45, 2.75) is 6.92 Å². The topological polar surface area (TPSA) is 85.9 Å². The molecule has 3 aromatic rings. The predicted octanol–water partition coefficient (Wildman–Crippen LogP) is 3.13. The molecule has 2 heterocycles. The van der Waals surface area contributed by atoms with Crippen molar-refractivity contribution >= 4 is 62.9 Å². The van der Waals surface area contributed by atoms with E-state index in [1.165, 1.54) is 0 Å². The molecule has 0 saturated carbocycles. The average Bonchev–Trinajstić information content (AvgIpc) is 2.84. The molecule has 0 saturated heterocycles. The molecular weight excluding hydrogens is 371 g/mol. The van der Waals surface area contributed by atoms with Gasteiger partial charge in [0.2, 0.25) is 0 Å². The second kappa shape index (κ2) is 6.39. The van der Waals surface area contributed by atoms with Crippen molar-refractivity contribution in [1.29, 1.82) is 0 Å². The lowest BCUT2D eigenvalue weighted by molar-refractivity contribution is -0.254. The fourth-order valence-electron chi connectivity index (χ4n) is 2.24. The van der Waals surface area contributed by atoms with E-state index in [1.54, 1.807) is 37.3 Å². The van der Waals surface area contributed by atoms with Crippen molar-refractivity contribution in [1.82, 2.24) is 9.97 Å². The highest BCUT2D eigenvalue weighted by atomic mass is 35.5. The highest BCUT2D eigenvalue weighted by Crippen LogP contribution is 2.27. The summed E-state index contributed by atoms with van der Waals surface area (Å²) in [6.07, 6.45) is 3.27. The largest absolute Gasteiger partial charge is 0.544 e. The van der Waals surface area contributed by atoms with Gasteiger partial charge in [0, 0.05) is 10.0 Å². The third-order valence-corrected chi connectivity index (χ3v) is 5.12. The minimum absolute atomic E-state index is 0.00451. The Morgan fingerprint density at radius 2 is 2.08 bits per heavy atom. The number of H-pyrrole nitrogens is 1. The maximum absolute atomic E-state index is 12.2. The van der Waals surface area contributed by atoms with Crippen LogP contribution in [0.25, 0.3) is 22.4 Å². The number of carbonyl (C=O) groups excluding carboxylic acids is 1. The molecular formula is C16H9Cl2N2O3S-. The summed E-state index contributed by atoms with van der Waals surface area (Å²) in [4.78, 5) is 30.5. The fourth-order valence-corrected chi connectivity index (χ4v) is 3.73. The Morgan fingerprint density at radius 1 is 1.33 bits per heavy atom. The van der Waals surface area contributed by atoms with Crippen LogP contribution in [-0.4, -0.2) is 15.9 Å². The van der Waals surface area contributed by atoms with Crippen molar-refractivity contribution in [2.24, 2.45) is 0 Å². The van der Waals surface area contributed by atoms with Gasteiger partial charge in [-0.05, 0) is 42.3 Å². The lowest BCUT2D eigenvalue weighted by Gasteiger charge is -1.99. The Labute approximate surface area is 150 Å². The molecule has 0 atom stereocenters. The Hall–Kier alpha value is -2.15. The Kier molecular flexibility index (Phi) is 4.45. The van der Waals surface area contributed by atoms with Crippen LogP contribution in [0.2, 0.25) is 10.0 Å². The summed E-state index contributed by atoms with van der Waals surface area (Å²) in [5, 5.41) is 12.3. The summed E-state index contributed by atoms with van der Waals surface area (Å²) in [6, 6.07) is 5.04. The van der Waals surface area contributed by atoms with E-state index in [1.807, 2.05) is 0 Å². The molecule has 3 rings (SSSR count). The minimum atomic E-state index is -1.32. The van der Waals surface area contributed by atoms with Crippen LogP contribution in [-0.2, 0) is 0 Å². The minimum Gasteiger partial charge on any atom is -0.544 e. The summed E-state index contributed by atoms with van der Waals surface area (Å²) in [6.45, 7) is 1.56. The van der Waals surface area contributed by atoms with Gasteiger partial charge in [-0.3, -0.25) is 4.79 Å². The van der Waals surface area contributed by atoms with E-state index >= 15 is 0 Å². The van der Waals surface area contributed by atoms with E-state index in [2.05, 4.69) is 9.97 Å². The van der Waals surface area contributed by atoms with Gasteiger partial charge < -0.3 is 14.9 Å². The van der Waals surface area contributed by atoms with Crippen LogP contribution in [0.1, 0.15) is 26.6 Å². The molecule has 0 aliphatic carbocycles. The van der Waals surface area contributed by atoms with E-state index in [0.717, 1.165) is 11.3 Å². The number of aromatic carboxylic acids is 1. The number of aromatic amines is 1. The number of aromatic nitrogens is 2. The number of aryl methyl sites for hydroxylation is 1. The first-order chi connectivity index (χ1) is 11.4. The quantitative estimate of drug-likeness (QED) is 0.757. The first-order valence-corrected chi connectivity index (χ1v) is 8.32.